The van der Waals surface area contributed by atoms with Crippen molar-refractivity contribution in [1.82, 2.24) is 0 Å². The van der Waals surface area contributed by atoms with E-state index >= 15 is 0 Å². The molecule has 1 saturated carbocycles. The zero-order chi connectivity index (χ0) is 11.4. The Morgan fingerprint density at radius 3 is 2.50 bits per heavy atom. The molecule has 0 aromatic heterocycles. The van der Waals surface area contributed by atoms with Gasteiger partial charge in [0.2, 0.25) is 0 Å². The Kier molecular flexibility index (Phi) is 3.90. The Morgan fingerprint density at radius 1 is 1.19 bits per heavy atom. The van der Waals surface area contributed by atoms with Gasteiger partial charge in [-0.25, -0.2) is 0 Å². The minimum absolute atomic E-state index is 0.165. The molecule has 0 spiro atoms. The second-order valence-corrected chi connectivity index (χ2v) is 5.39. The van der Waals surface area contributed by atoms with Gasteiger partial charge in [0.05, 0.1) is 18.8 Å². The molecule has 0 bridgehead atoms. The molecule has 0 heterocycles. The largest absolute Gasteiger partial charge is 0.373 e. The van der Waals surface area contributed by atoms with Gasteiger partial charge >= 0.3 is 0 Å². The molecule has 0 unspecified atom stereocenters. The lowest BCUT2D eigenvalue weighted by atomic mass is 10.2. The molecule has 16 heavy (non-hydrogen) atoms. The van der Waals surface area contributed by atoms with Crippen LogP contribution in [0.3, 0.4) is 0 Å². The summed E-state index contributed by atoms with van der Waals surface area (Å²) < 4.78 is 11.1. The summed E-state index contributed by atoms with van der Waals surface area (Å²) in [5.74, 6) is 0. The summed E-state index contributed by atoms with van der Waals surface area (Å²) in [6.45, 7) is 5.57. The number of aryl methyl sites for hydroxylation is 1. The summed E-state index contributed by atoms with van der Waals surface area (Å²) in [5, 5.41) is 0. The molecule has 0 atom stereocenters. The van der Waals surface area contributed by atoms with Crippen LogP contribution in [-0.4, -0.2) is 18.8 Å². The molecule has 88 valence electrons. The molecule has 1 aliphatic carbocycles. The average molecular weight is 238 g/mol. The maximum atomic E-state index is 5.66. The van der Waals surface area contributed by atoms with E-state index in [1.54, 1.807) is 0 Å². The van der Waals surface area contributed by atoms with Crippen molar-refractivity contribution in [3.63, 3.8) is 0 Å². The Labute approximate surface area is 102 Å². The smallest absolute Gasteiger partial charge is 0.0852 e. The Balaban J connectivity index is 1.59. The third-order valence-corrected chi connectivity index (χ3v) is 3.50. The summed E-state index contributed by atoms with van der Waals surface area (Å²) in [4.78, 5) is 1.14. The Hall–Kier alpha value is -0.510. The van der Waals surface area contributed by atoms with Crippen LogP contribution in [-0.2, 0) is 8.92 Å². The molecule has 2 nitrogen and oxygen atoms in total. The maximum Gasteiger partial charge on any atom is 0.0852 e. The van der Waals surface area contributed by atoms with Crippen molar-refractivity contribution in [2.24, 2.45) is 0 Å². The third-order valence-electron chi connectivity index (χ3n) is 2.75. The number of benzene rings is 1. The van der Waals surface area contributed by atoms with Crippen LogP contribution in [0.15, 0.2) is 29.2 Å². The maximum absolute atomic E-state index is 5.66. The van der Waals surface area contributed by atoms with E-state index in [0.29, 0.717) is 13.2 Å². The van der Waals surface area contributed by atoms with Crippen LogP contribution in [0.4, 0.5) is 0 Å². The van der Waals surface area contributed by atoms with Gasteiger partial charge in [0, 0.05) is 16.9 Å². The molecule has 0 N–H and O–H groups in total. The number of hydrogen-bond donors (Lipinski definition) is 0. The zero-order valence-corrected chi connectivity index (χ0v) is 10.7. The van der Waals surface area contributed by atoms with Gasteiger partial charge in [-0.2, -0.15) is 0 Å². The van der Waals surface area contributed by atoms with E-state index in [0.717, 1.165) is 4.90 Å². The minimum Gasteiger partial charge on any atom is -0.373 e. The summed E-state index contributed by atoms with van der Waals surface area (Å²) in [7, 11) is 0. The fraction of sp³-hybridized carbons (Fsp3) is 0.538. The van der Waals surface area contributed by atoms with E-state index in [9.17, 15) is 0 Å². The predicted molar refractivity (Wildman–Crippen MR) is 66.6 cm³/mol. The lowest BCUT2D eigenvalue weighted by molar-refractivity contribution is 0.0307. The lowest BCUT2D eigenvalue weighted by Crippen LogP contribution is -2.12. The fourth-order valence-corrected chi connectivity index (χ4v) is 1.88. The average Bonchev–Trinajstić information content (AvgIpc) is 2.99. The number of hydrogen-bond acceptors (Lipinski definition) is 3. The molecule has 1 aromatic rings. The molecular formula is C13H18O2S. The summed E-state index contributed by atoms with van der Waals surface area (Å²) in [6.07, 6.45) is 2.39. The van der Waals surface area contributed by atoms with E-state index in [1.165, 1.54) is 30.4 Å². The van der Waals surface area contributed by atoms with E-state index in [2.05, 4.69) is 38.1 Å². The summed E-state index contributed by atoms with van der Waals surface area (Å²) >= 11 is 1.42. The van der Waals surface area contributed by atoms with Crippen LogP contribution in [0.2, 0.25) is 0 Å². The Morgan fingerprint density at radius 2 is 1.88 bits per heavy atom. The van der Waals surface area contributed by atoms with E-state index in [4.69, 9.17) is 8.92 Å². The van der Waals surface area contributed by atoms with Crippen molar-refractivity contribution in [2.75, 3.05) is 13.2 Å². The second kappa shape index (κ2) is 5.21. The molecule has 2 rings (SSSR count). The first kappa shape index (κ1) is 12.0. The van der Waals surface area contributed by atoms with Crippen LogP contribution >= 0.6 is 12.0 Å². The van der Waals surface area contributed by atoms with Gasteiger partial charge in [0.15, 0.2) is 0 Å². The van der Waals surface area contributed by atoms with Gasteiger partial charge in [0.1, 0.15) is 0 Å². The highest BCUT2D eigenvalue weighted by atomic mass is 32.2. The Bertz CT molecular complexity index is 330. The van der Waals surface area contributed by atoms with Gasteiger partial charge in [0.25, 0.3) is 0 Å². The monoisotopic (exact) mass is 238 g/mol. The first-order valence-electron chi connectivity index (χ1n) is 5.68. The minimum atomic E-state index is 0.165. The normalized spacial score (nSPS) is 17.4. The van der Waals surface area contributed by atoms with Crippen LogP contribution in [0, 0.1) is 6.92 Å². The first-order chi connectivity index (χ1) is 7.68. The van der Waals surface area contributed by atoms with E-state index in [-0.39, 0.29) is 5.60 Å². The molecule has 0 saturated heterocycles. The summed E-state index contributed by atoms with van der Waals surface area (Å²) in [6, 6.07) is 8.33. The summed E-state index contributed by atoms with van der Waals surface area (Å²) in [5.41, 5.74) is 1.44. The van der Waals surface area contributed by atoms with E-state index < -0.39 is 0 Å². The van der Waals surface area contributed by atoms with Crippen molar-refractivity contribution in [3.8, 4) is 0 Å². The van der Waals surface area contributed by atoms with Crippen LogP contribution in [0.5, 0.6) is 0 Å². The van der Waals surface area contributed by atoms with Crippen molar-refractivity contribution in [1.29, 1.82) is 0 Å². The molecule has 0 aliphatic heterocycles. The topological polar surface area (TPSA) is 18.5 Å². The van der Waals surface area contributed by atoms with Crippen LogP contribution in [0.25, 0.3) is 0 Å². The highest BCUT2D eigenvalue weighted by molar-refractivity contribution is 7.94. The zero-order valence-electron chi connectivity index (χ0n) is 9.86. The van der Waals surface area contributed by atoms with Crippen molar-refractivity contribution in [3.05, 3.63) is 29.8 Å². The second-order valence-electron chi connectivity index (χ2n) is 4.52. The number of rotatable bonds is 6. The number of ether oxygens (including phenoxy) is 1. The first-order valence-corrected chi connectivity index (χ1v) is 6.42. The fourth-order valence-electron chi connectivity index (χ4n) is 1.35. The lowest BCUT2D eigenvalue weighted by Gasteiger charge is -2.09. The molecular weight excluding hydrogens is 220 g/mol. The highest BCUT2D eigenvalue weighted by Gasteiger charge is 2.38. The van der Waals surface area contributed by atoms with E-state index in [1.807, 2.05) is 0 Å². The molecule has 1 fully saturated rings. The molecule has 0 radical (unpaired) electrons. The van der Waals surface area contributed by atoms with Crippen molar-refractivity contribution < 1.29 is 8.92 Å². The molecule has 1 aliphatic rings. The predicted octanol–water partition coefficient (Wildman–Crippen LogP) is 3.59. The van der Waals surface area contributed by atoms with Gasteiger partial charge in [-0.05, 0) is 38.8 Å². The third kappa shape index (κ3) is 3.81. The van der Waals surface area contributed by atoms with Crippen LogP contribution in [0.1, 0.15) is 25.3 Å². The molecule has 0 amide bonds. The van der Waals surface area contributed by atoms with Gasteiger partial charge in [-0.3, -0.25) is 0 Å². The molecule has 1 aromatic carbocycles. The van der Waals surface area contributed by atoms with Gasteiger partial charge in [-0.15, -0.1) is 0 Å². The van der Waals surface area contributed by atoms with Gasteiger partial charge < -0.3 is 8.92 Å². The highest BCUT2D eigenvalue weighted by Crippen LogP contribution is 2.38. The van der Waals surface area contributed by atoms with Gasteiger partial charge in [-0.1, -0.05) is 17.7 Å². The van der Waals surface area contributed by atoms with Crippen molar-refractivity contribution in [2.45, 2.75) is 37.2 Å². The standard InChI is InChI=1S/C13H18O2S/c1-11-3-5-12(6-4-11)16-15-10-9-14-13(2)7-8-13/h3-6H,7-10H2,1-2H3. The SMILES string of the molecule is Cc1ccc(SOCCOC2(C)CC2)cc1. The molecule has 3 heteroatoms. The quantitative estimate of drug-likeness (QED) is 0.557. The van der Waals surface area contributed by atoms with Crippen molar-refractivity contribution >= 4 is 12.0 Å². The van der Waals surface area contributed by atoms with Crippen LogP contribution < -0.4 is 0 Å².